The number of carbonyl (C=O) groups is 1. The highest BCUT2D eigenvalue weighted by Crippen LogP contribution is 2.17. The van der Waals surface area contributed by atoms with Crippen molar-refractivity contribution in [1.29, 1.82) is 0 Å². The molecule has 6 heteroatoms. The third-order valence-corrected chi connectivity index (χ3v) is 3.83. The lowest BCUT2D eigenvalue weighted by Gasteiger charge is -2.35. The second-order valence-corrected chi connectivity index (χ2v) is 6.08. The van der Waals surface area contributed by atoms with E-state index >= 15 is 0 Å². The molecule has 0 spiro atoms. The summed E-state index contributed by atoms with van der Waals surface area (Å²) >= 11 is 0. The number of rotatable bonds is 4. The topological polar surface area (TPSA) is 70.2 Å². The Kier molecular flexibility index (Phi) is 4.73. The second-order valence-electron chi connectivity index (χ2n) is 6.08. The van der Waals surface area contributed by atoms with Crippen LogP contribution in [0.3, 0.4) is 0 Å². The molecule has 1 aromatic carbocycles. The molecule has 122 valence electrons. The number of aromatic nitrogens is 2. The molecule has 6 nitrogen and oxygen atoms in total. The molecule has 1 aliphatic heterocycles. The molecule has 3 rings (SSSR count). The molecule has 1 aliphatic rings. The first-order chi connectivity index (χ1) is 11.1. The summed E-state index contributed by atoms with van der Waals surface area (Å²) in [7, 11) is 0. The van der Waals surface area contributed by atoms with Crippen molar-refractivity contribution >= 4 is 11.6 Å². The highest BCUT2D eigenvalue weighted by Gasteiger charge is 2.22. The first kappa shape index (κ1) is 15.7. The molecule has 1 aromatic heterocycles. The Balaban J connectivity index is 1.64. The summed E-state index contributed by atoms with van der Waals surface area (Å²) in [5.74, 6) is -0.187. The van der Waals surface area contributed by atoms with E-state index < -0.39 is 0 Å². The number of carbonyl (C=O) groups excluding carboxylic acids is 1. The first-order valence-corrected chi connectivity index (χ1v) is 7.87. The molecule has 1 fully saturated rings. The van der Waals surface area contributed by atoms with E-state index in [2.05, 4.69) is 40.3 Å². The Morgan fingerprint density at radius 2 is 2.13 bits per heavy atom. The van der Waals surface area contributed by atoms with Crippen LogP contribution < -0.4 is 5.32 Å². The maximum Gasteiger partial charge on any atom is 0.273 e. The highest BCUT2D eigenvalue weighted by atomic mass is 16.5. The van der Waals surface area contributed by atoms with Crippen molar-refractivity contribution in [1.82, 2.24) is 15.1 Å². The molecule has 2 heterocycles. The van der Waals surface area contributed by atoms with E-state index in [1.807, 2.05) is 18.2 Å². The van der Waals surface area contributed by atoms with E-state index in [4.69, 9.17) is 4.74 Å². The first-order valence-electron chi connectivity index (χ1n) is 7.87. The number of aromatic amines is 1. The minimum Gasteiger partial charge on any atom is -0.373 e. The monoisotopic (exact) mass is 314 g/mol. The van der Waals surface area contributed by atoms with E-state index in [1.165, 1.54) is 5.56 Å². The van der Waals surface area contributed by atoms with Gasteiger partial charge in [-0.25, -0.2) is 0 Å². The zero-order valence-electron chi connectivity index (χ0n) is 13.5. The van der Waals surface area contributed by atoms with E-state index in [9.17, 15) is 4.79 Å². The fourth-order valence-corrected chi connectivity index (χ4v) is 3.00. The number of nitrogens with one attached hydrogen (secondary N) is 2. The Labute approximate surface area is 135 Å². The van der Waals surface area contributed by atoms with Crippen molar-refractivity contribution in [2.24, 2.45) is 0 Å². The molecule has 1 saturated heterocycles. The second kappa shape index (κ2) is 6.93. The average molecular weight is 314 g/mol. The number of ether oxygens (including phenoxy) is 1. The normalized spacial score (nSPS) is 22.0. The van der Waals surface area contributed by atoms with Gasteiger partial charge in [-0.05, 0) is 37.6 Å². The predicted octanol–water partition coefficient (Wildman–Crippen LogP) is 2.27. The SMILES string of the molecule is C[C@@H]1CN(Cc2cccc(NC(=O)c3ccn[nH]3)c2)C[C@H](C)O1. The van der Waals surface area contributed by atoms with Crippen molar-refractivity contribution < 1.29 is 9.53 Å². The predicted molar refractivity (Wildman–Crippen MR) is 88.3 cm³/mol. The molecule has 2 atom stereocenters. The van der Waals surface area contributed by atoms with Gasteiger partial charge in [-0.1, -0.05) is 12.1 Å². The van der Waals surface area contributed by atoms with Gasteiger partial charge in [-0.15, -0.1) is 0 Å². The van der Waals surface area contributed by atoms with Crippen LogP contribution in [0, 0.1) is 0 Å². The van der Waals surface area contributed by atoms with Crippen LogP contribution in [0.15, 0.2) is 36.5 Å². The molecule has 0 saturated carbocycles. The number of nitrogens with zero attached hydrogens (tertiary/aromatic N) is 2. The number of anilines is 1. The standard InChI is InChI=1S/C17H22N4O2/c1-12-9-21(10-13(2)23-12)11-14-4-3-5-15(8-14)19-17(22)16-6-7-18-20-16/h3-8,12-13H,9-11H2,1-2H3,(H,18,20)(H,19,22)/t12-,13+. The molecule has 0 unspecified atom stereocenters. The number of H-pyrrole nitrogens is 1. The van der Waals surface area contributed by atoms with Gasteiger partial charge in [0.2, 0.25) is 0 Å². The van der Waals surface area contributed by atoms with Crippen LogP contribution in [-0.4, -0.2) is 46.3 Å². The molecule has 2 aromatic rings. The van der Waals surface area contributed by atoms with Gasteiger partial charge in [0.15, 0.2) is 0 Å². The van der Waals surface area contributed by atoms with Crippen LogP contribution in [0.25, 0.3) is 0 Å². The average Bonchev–Trinajstić information content (AvgIpc) is 3.00. The number of hydrogen-bond acceptors (Lipinski definition) is 4. The summed E-state index contributed by atoms with van der Waals surface area (Å²) in [6.07, 6.45) is 2.07. The summed E-state index contributed by atoms with van der Waals surface area (Å²) < 4.78 is 5.76. The largest absolute Gasteiger partial charge is 0.373 e. The Hall–Kier alpha value is -2.18. The highest BCUT2D eigenvalue weighted by molar-refractivity contribution is 6.02. The van der Waals surface area contributed by atoms with Crippen LogP contribution in [0.1, 0.15) is 29.9 Å². The van der Waals surface area contributed by atoms with Crippen LogP contribution in [0.5, 0.6) is 0 Å². The number of morpholine rings is 1. The molecule has 0 radical (unpaired) electrons. The van der Waals surface area contributed by atoms with Crippen molar-refractivity contribution in [2.45, 2.75) is 32.6 Å². The summed E-state index contributed by atoms with van der Waals surface area (Å²) in [6.45, 7) is 6.91. The van der Waals surface area contributed by atoms with Crippen molar-refractivity contribution in [2.75, 3.05) is 18.4 Å². The van der Waals surface area contributed by atoms with Gasteiger partial charge in [0.25, 0.3) is 5.91 Å². The molecule has 0 bridgehead atoms. The van der Waals surface area contributed by atoms with E-state index in [-0.39, 0.29) is 18.1 Å². The van der Waals surface area contributed by atoms with Crippen molar-refractivity contribution in [3.05, 3.63) is 47.8 Å². The van der Waals surface area contributed by atoms with E-state index in [0.717, 1.165) is 25.3 Å². The third-order valence-electron chi connectivity index (χ3n) is 3.83. The molecular formula is C17H22N4O2. The summed E-state index contributed by atoms with van der Waals surface area (Å²) in [5.41, 5.74) is 2.41. The molecule has 0 aliphatic carbocycles. The summed E-state index contributed by atoms with van der Waals surface area (Å²) in [5, 5.41) is 9.34. The zero-order valence-corrected chi connectivity index (χ0v) is 13.5. The van der Waals surface area contributed by atoms with Crippen LogP contribution >= 0.6 is 0 Å². The van der Waals surface area contributed by atoms with Crippen molar-refractivity contribution in [3.8, 4) is 0 Å². The lowest BCUT2D eigenvalue weighted by Crippen LogP contribution is -2.44. The molecule has 1 amide bonds. The van der Waals surface area contributed by atoms with Gasteiger partial charge in [-0.3, -0.25) is 14.8 Å². The number of hydrogen-bond donors (Lipinski definition) is 2. The van der Waals surface area contributed by atoms with Gasteiger partial charge < -0.3 is 10.1 Å². The smallest absolute Gasteiger partial charge is 0.273 e. The molecular weight excluding hydrogens is 292 g/mol. The fraction of sp³-hybridized carbons (Fsp3) is 0.412. The molecule has 2 N–H and O–H groups in total. The fourth-order valence-electron chi connectivity index (χ4n) is 3.00. The zero-order chi connectivity index (χ0) is 16.2. The van der Waals surface area contributed by atoms with Gasteiger partial charge in [0, 0.05) is 31.5 Å². The Bertz CT molecular complexity index is 646. The third kappa shape index (κ3) is 4.18. The van der Waals surface area contributed by atoms with Crippen LogP contribution in [0.4, 0.5) is 5.69 Å². The quantitative estimate of drug-likeness (QED) is 0.908. The van der Waals surface area contributed by atoms with E-state index in [0.29, 0.717) is 5.69 Å². The van der Waals surface area contributed by atoms with Crippen molar-refractivity contribution in [3.63, 3.8) is 0 Å². The Morgan fingerprint density at radius 1 is 1.35 bits per heavy atom. The maximum absolute atomic E-state index is 12.1. The van der Waals surface area contributed by atoms with Gasteiger partial charge in [-0.2, -0.15) is 5.10 Å². The lowest BCUT2D eigenvalue weighted by atomic mass is 10.1. The van der Waals surface area contributed by atoms with Gasteiger partial charge in [0.1, 0.15) is 5.69 Å². The Morgan fingerprint density at radius 3 is 2.83 bits per heavy atom. The molecule has 23 heavy (non-hydrogen) atoms. The van der Waals surface area contributed by atoms with Crippen LogP contribution in [0.2, 0.25) is 0 Å². The van der Waals surface area contributed by atoms with Gasteiger partial charge >= 0.3 is 0 Å². The summed E-state index contributed by atoms with van der Waals surface area (Å²) in [6, 6.07) is 9.60. The van der Waals surface area contributed by atoms with Crippen LogP contribution in [-0.2, 0) is 11.3 Å². The van der Waals surface area contributed by atoms with E-state index in [1.54, 1.807) is 12.3 Å². The number of benzene rings is 1. The summed E-state index contributed by atoms with van der Waals surface area (Å²) in [4.78, 5) is 14.4. The van der Waals surface area contributed by atoms with Gasteiger partial charge in [0.05, 0.1) is 12.2 Å². The number of amides is 1. The lowest BCUT2D eigenvalue weighted by molar-refractivity contribution is -0.0704. The minimum absolute atomic E-state index is 0.187. The minimum atomic E-state index is -0.187. The maximum atomic E-state index is 12.1.